The molecule has 2 aromatic rings. The van der Waals surface area contributed by atoms with E-state index in [2.05, 4.69) is 9.97 Å². The fourth-order valence-corrected chi connectivity index (χ4v) is 2.05. The van der Waals surface area contributed by atoms with Crippen molar-refractivity contribution in [3.63, 3.8) is 0 Å². The van der Waals surface area contributed by atoms with Gasteiger partial charge in [0.25, 0.3) is 5.56 Å². The number of nitrogens with zero attached hydrogens (tertiary/aromatic N) is 3. The van der Waals surface area contributed by atoms with Gasteiger partial charge in [0.05, 0.1) is 12.1 Å². The Hall–Kier alpha value is -1.20. The number of aromatic nitrogens is 3. The Labute approximate surface area is 95.2 Å². The number of aryl methyl sites for hydroxylation is 1. The van der Waals surface area contributed by atoms with E-state index in [1.807, 2.05) is 0 Å². The minimum atomic E-state index is -0.138. The van der Waals surface area contributed by atoms with Crippen molar-refractivity contribution in [3.8, 4) is 0 Å². The van der Waals surface area contributed by atoms with Crippen molar-refractivity contribution in [1.82, 2.24) is 14.5 Å². The van der Waals surface area contributed by atoms with Crippen LogP contribution < -0.4 is 5.56 Å². The summed E-state index contributed by atoms with van der Waals surface area (Å²) in [6.45, 7) is 2.26. The van der Waals surface area contributed by atoms with Gasteiger partial charge in [-0.05, 0) is 6.92 Å². The topological polar surface area (TPSA) is 47.8 Å². The molecule has 0 spiro atoms. The van der Waals surface area contributed by atoms with E-state index in [4.69, 9.17) is 11.6 Å². The number of hydrogen-bond donors (Lipinski definition) is 0. The van der Waals surface area contributed by atoms with Crippen LogP contribution in [0.1, 0.15) is 10.7 Å². The lowest BCUT2D eigenvalue weighted by Gasteiger charge is -2.06. The highest BCUT2D eigenvalue weighted by Gasteiger charge is 2.05. The van der Waals surface area contributed by atoms with Crippen LogP contribution in [0.3, 0.4) is 0 Å². The zero-order chi connectivity index (χ0) is 10.8. The number of halogens is 1. The maximum Gasteiger partial charge on any atom is 0.255 e. The molecule has 0 fully saturated rings. The Morgan fingerprint density at radius 1 is 1.60 bits per heavy atom. The van der Waals surface area contributed by atoms with Crippen LogP contribution in [0, 0.1) is 6.92 Å². The first-order valence-corrected chi connectivity index (χ1v) is 5.54. The van der Waals surface area contributed by atoms with Gasteiger partial charge in [0.1, 0.15) is 11.0 Å². The van der Waals surface area contributed by atoms with Gasteiger partial charge in [0, 0.05) is 17.1 Å². The van der Waals surface area contributed by atoms with E-state index in [9.17, 15) is 4.79 Å². The van der Waals surface area contributed by atoms with Crippen molar-refractivity contribution in [1.29, 1.82) is 0 Å². The Morgan fingerprint density at radius 3 is 3.00 bits per heavy atom. The number of hydrogen-bond acceptors (Lipinski definition) is 4. The van der Waals surface area contributed by atoms with Crippen LogP contribution in [-0.2, 0) is 6.54 Å². The summed E-state index contributed by atoms with van der Waals surface area (Å²) < 4.78 is 1.57. The molecule has 0 aliphatic rings. The quantitative estimate of drug-likeness (QED) is 0.752. The van der Waals surface area contributed by atoms with E-state index in [1.54, 1.807) is 23.2 Å². The first-order valence-electron chi connectivity index (χ1n) is 4.28. The summed E-state index contributed by atoms with van der Waals surface area (Å²) >= 11 is 7.18. The van der Waals surface area contributed by atoms with Gasteiger partial charge in [-0.1, -0.05) is 11.6 Å². The third-order valence-corrected chi connectivity index (χ3v) is 2.92. The molecule has 78 valence electrons. The van der Waals surface area contributed by atoms with E-state index in [-0.39, 0.29) is 10.7 Å². The highest BCUT2D eigenvalue weighted by Crippen LogP contribution is 2.08. The van der Waals surface area contributed by atoms with Crippen molar-refractivity contribution in [3.05, 3.63) is 44.0 Å². The van der Waals surface area contributed by atoms with Crippen LogP contribution in [0.4, 0.5) is 0 Å². The summed E-state index contributed by atoms with van der Waals surface area (Å²) in [7, 11) is 0. The van der Waals surface area contributed by atoms with Crippen LogP contribution in [0.2, 0.25) is 5.15 Å². The van der Waals surface area contributed by atoms with Gasteiger partial charge in [0.2, 0.25) is 0 Å². The van der Waals surface area contributed by atoms with E-state index < -0.39 is 0 Å². The number of rotatable bonds is 2. The molecule has 0 atom stereocenters. The average molecular weight is 242 g/mol. The Morgan fingerprint density at radius 2 is 2.40 bits per heavy atom. The molecule has 0 amide bonds. The van der Waals surface area contributed by atoms with E-state index in [0.717, 1.165) is 4.88 Å². The molecule has 15 heavy (non-hydrogen) atoms. The molecule has 0 aromatic carbocycles. The van der Waals surface area contributed by atoms with Gasteiger partial charge in [0.15, 0.2) is 0 Å². The lowest BCUT2D eigenvalue weighted by Crippen LogP contribution is -2.23. The molecule has 0 unspecified atom stereocenters. The van der Waals surface area contributed by atoms with Gasteiger partial charge in [-0.25, -0.2) is 4.98 Å². The molecule has 0 aliphatic carbocycles. The fraction of sp³-hybridized carbons (Fsp3) is 0.222. The molecule has 2 aromatic heterocycles. The molecule has 2 rings (SSSR count). The van der Waals surface area contributed by atoms with Gasteiger partial charge in [-0.15, -0.1) is 11.3 Å². The van der Waals surface area contributed by atoms with Crippen molar-refractivity contribution < 1.29 is 0 Å². The average Bonchev–Trinajstić information content (AvgIpc) is 2.63. The summed E-state index contributed by atoms with van der Waals surface area (Å²) in [5.41, 5.74) is 1.60. The molecule has 0 bridgehead atoms. The molecule has 0 N–H and O–H groups in total. The molecule has 0 saturated heterocycles. The summed E-state index contributed by atoms with van der Waals surface area (Å²) in [6.07, 6.45) is 1.74. The zero-order valence-corrected chi connectivity index (χ0v) is 9.55. The van der Waals surface area contributed by atoms with Gasteiger partial charge < -0.3 is 0 Å². The minimum Gasteiger partial charge on any atom is -0.291 e. The van der Waals surface area contributed by atoms with Crippen molar-refractivity contribution in [2.24, 2.45) is 0 Å². The summed E-state index contributed by atoms with van der Waals surface area (Å²) in [5, 5.41) is 0.234. The lowest BCUT2D eigenvalue weighted by molar-refractivity contribution is 0.707. The third kappa shape index (κ3) is 2.24. The Bertz CT molecular complexity index is 521. The SMILES string of the molecule is Cc1nc(Cl)cc(=O)n1Cc1cncs1. The monoisotopic (exact) mass is 241 g/mol. The fourth-order valence-electron chi connectivity index (χ4n) is 1.25. The van der Waals surface area contributed by atoms with Crippen LogP contribution in [-0.4, -0.2) is 14.5 Å². The second-order valence-corrected chi connectivity index (χ2v) is 4.38. The highest BCUT2D eigenvalue weighted by atomic mass is 35.5. The minimum absolute atomic E-state index is 0.138. The molecule has 0 aliphatic heterocycles. The number of thiazole rings is 1. The molecule has 2 heterocycles. The largest absolute Gasteiger partial charge is 0.291 e. The van der Waals surface area contributed by atoms with Crippen molar-refractivity contribution in [2.75, 3.05) is 0 Å². The maximum atomic E-state index is 11.6. The molecule has 0 radical (unpaired) electrons. The van der Waals surface area contributed by atoms with Crippen LogP contribution in [0.15, 0.2) is 22.6 Å². The van der Waals surface area contributed by atoms with Crippen LogP contribution >= 0.6 is 22.9 Å². The third-order valence-electron chi connectivity index (χ3n) is 1.97. The Balaban J connectivity index is 2.41. The Kier molecular flexibility index (Phi) is 2.83. The van der Waals surface area contributed by atoms with E-state index in [1.165, 1.54) is 17.4 Å². The van der Waals surface area contributed by atoms with Gasteiger partial charge in [-0.2, -0.15) is 0 Å². The van der Waals surface area contributed by atoms with Crippen LogP contribution in [0.25, 0.3) is 0 Å². The standard InChI is InChI=1S/C9H8ClN3OS/c1-6-12-8(10)2-9(14)13(6)4-7-3-11-5-15-7/h2-3,5H,4H2,1H3. The smallest absolute Gasteiger partial charge is 0.255 e. The van der Waals surface area contributed by atoms with Crippen molar-refractivity contribution in [2.45, 2.75) is 13.5 Å². The molecule has 6 heteroatoms. The maximum absolute atomic E-state index is 11.6. The van der Waals surface area contributed by atoms with Gasteiger partial charge in [-0.3, -0.25) is 14.3 Å². The van der Waals surface area contributed by atoms with Gasteiger partial charge >= 0.3 is 0 Å². The summed E-state index contributed by atoms with van der Waals surface area (Å²) in [6, 6.07) is 1.32. The molecule has 4 nitrogen and oxygen atoms in total. The van der Waals surface area contributed by atoms with E-state index in [0.29, 0.717) is 12.4 Å². The predicted octanol–water partition coefficient (Wildman–Crippen LogP) is 1.71. The summed E-state index contributed by atoms with van der Waals surface area (Å²) in [5.74, 6) is 0.612. The van der Waals surface area contributed by atoms with Crippen molar-refractivity contribution >= 4 is 22.9 Å². The van der Waals surface area contributed by atoms with E-state index >= 15 is 0 Å². The van der Waals surface area contributed by atoms with Crippen LogP contribution in [0.5, 0.6) is 0 Å². The highest BCUT2D eigenvalue weighted by molar-refractivity contribution is 7.09. The lowest BCUT2D eigenvalue weighted by atomic mass is 10.4. The zero-order valence-electron chi connectivity index (χ0n) is 7.98. The first-order chi connectivity index (χ1) is 7.16. The first kappa shape index (κ1) is 10.3. The predicted molar refractivity (Wildman–Crippen MR) is 59.5 cm³/mol. The normalized spacial score (nSPS) is 10.5. The molecular formula is C9H8ClN3OS. The second kappa shape index (κ2) is 4.12. The summed E-state index contributed by atoms with van der Waals surface area (Å²) in [4.78, 5) is 20.6. The second-order valence-electron chi connectivity index (χ2n) is 3.02. The molecular weight excluding hydrogens is 234 g/mol. The molecule has 0 saturated carbocycles.